The first-order chi connectivity index (χ1) is 22.0. The van der Waals surface area contributed by atoms with Gasteiger partial charge in [0.1, 0.15) is 16.7 Å². The van der Waals surface area contributed by atoms with Crippen LogP contribution in [-0.2, 0) is 22.6 Å². The highest BCUT2D eigenvalue weighted by Gasteiger charge is 2.22. The van der Waals surface area contributed by atoms with E-state index >= 15 is 0 Å². The molecule has 0 saturated carbocycles. The number of pyridine rings is 1. The van der Waals surface area contributed by atoms with E-state index in [4.69, 9.17) is 35.8 Å². The standard InChI is InChI=1S/C33H38ClN7O4/c1-23-30(17-25(22-42)32(34)36-23)37-31-7-8-35-33(38-31)41(21-24-3-5-29(43-2)6-4-24)28-19-26(39-9-13-44-14-10-39)18-27(20-28)40-11-15-45-16-12-40/h3-8,17-20,42H,9-16,21-22H2,1-2H3,(H,35,37,38). The van der Waals surface area contributed by atoms with Crippen molar-refractivity contribution in [1.29, 1.82) is 0 Å². The minimum Gasteiger partial charge on any atom is -0.497 e. The first-order valence-corrected chi connectivity index (χ1v) is 15.5. The van der Waals surface area contributed by atoms with Gasteiger partial charge in [-0.05, 0) is 55.0 Å². The molecular formula is C33H38ClN7O4. The minimum atomic E-state index is -0.212. The number of morpholine rings is 2. The Morgan fingerprint density at radius 3 is 2.16 bits per heavy atom. The molecule has 2 fully saturated rings. The summed E-state index contributed by atoms with van der Waals surface area (Å²) in [5.41, 5.74) is 6.25. The van der Waals surface area contributed by atoms with Gasteiger partial charge in [0.25, 0.3) is 0 Å². The van der Waals surface area contributed by atoms with Gasteiger partial charge in [-0.2, -0.15) is 4.98 Å². The Bertz CT molecular complexity index is 1560. The minimum absolute atomic E-state index is 0.212. The molecule has 4 aromatic rings. The molecule has 4 heterocycles. The van der Waals surface area contributed by atoms with Crippen LogP contribution in [-0.4, -0.2) is 79.8 Å². The van der Waals surface area contributed by atoms with Gasteiger partial charge in [-0.1, -0.05) is 23.7 Å². The summed E-state index contributed by atoms with van der Waals surface area (Å²) in [7, 11) is 1.67. The first-order valence-electron chi connectivity index (χ1n) is 15.1. The molecule has 0 atom stereocenters. The van der Waals surface area contributed by atoms with E-state index in [1.165, 1.54) is 0 Å². The van der Waals surface area contributed by atoms with E-state index in [0.29, 0.717) is 61.7 Å². The number of hydrogen-bond donors (Lipinski definition) is 2. The molecule has 6 rings (SSSR count). The first kappa shape index (κ1) is 30.8. The molecule has 2 aromatic carbocycles. The summed E-state index contributed by atoms with van der Waals surface area (Å²) in [5.74, 6) is 1.92. The molecule has 2 aromatic heterocycles. The van der Waals surface area contributed by atoms with Crippen molar-refractivity contribution in [2.45, 2.75) is 20.1 Å². The Hall–Kier alpha value is -4.16. The number of nitrogens with one attached hydrogen (secondary N) is 1. The fraction of sp³-hybridized carbons (Fsp3) is 0.364. The molecule has 2 aliphatic rings. The highest BCUT2D eigenvalue weighted by atomic mass is 35.5. The van der Waals surface area contributed by atoms with Crippen molar-refractivity contribution in [3.8, 4) is 5.75 Å². The number of aliphatic hydroxyl groups is 1. The van der Waals surface area contributed by atoms with Gasteiger partial charge in [-0.3, -0.25) is 0 Å². The summed E-state index contributed by atoms with van der Waals surface area (Å²) in [4.78, 5) is 21.0. The second-order valence-corrected chi connectivity index (χ2v) is 11.3. The van der Waals surface area contributed by atoms with Crippen molar-refractivity contribution in [2.75, 3.05) is 79.7 Å². The van der Waals surface area contributed by atoms with Gasteiger partial charge in [0.15, 0.2) is 0 Å². The number of ether oxygens (including phenoxy) is 3. The second kappa shape index (κ2) is 14.3. The number of halogens is 1. The fourth-order valence-electron chi connectivity index (χ4n) is 5.48. The lowest BCUT2D eigenvalue weighted by Crippen LogP contribution is -2.38. The predicted octanol–water partition coefficient (Wildman–Crippen LogP) is 5.09. The molecule has 0 unspecified atom stereocenters. The molecule has 2 N–H and O–H groups in total. The molecule has 0 spiro atoms. The number of hydrogen-bond acceptors (Lipinski definition) is 11. The van der Waals surface area contributed by atoms with Crippen LogP contribution in [0.4, 0.5) is 34.5 Å². The molecule has 236 valence electrons. The van der Waals surface area contributed by atoms with Crippen molar-refractivity contribution in [1.82, 2.24) is 15.0 Å². The summed E-state index contributed by atoms with van der Waals surface area (Å²) in [6.45, 7) is 8.25. The molecule has 2 saturated heterocycles. The normalized spacial score (nSPS) is 15.2. The van der Waals surface area contributed by atoms with Gasteiger partial charge in [0.2, 0.25) is 5.95 Å². The van der Waals surface area contributed by atoms with Crippen molar-refractivity contribution >= 4 is 46.1 Å². The Morgan fingerprint density at radius 1 is 0.911 bits per heavy atom. The molecule has 12 heteroatoms. The summed E-state index contributed by atoms with van der Waals surface area (Å²) in [6, 6.07) is 18.3. The van der Waals surface area contributed by atoms with Crippen LogP contribution in [0.1, 0.15) is 16.8 Å². The number of rotatable bonds is 10. The predicted molar refractivity (Wildman–Crippen MR) is 177 cm³/mol. The van der Waals surface area contributed by atoms with Gasteiger partial charge in [-0.15, -0.1) is 0 Å². The lowest BCUT2D eigenvalue weighted by atomic mass is 10.1. The zero-order valence-corrected chi connectivity index (χ0v) is 26.3. The SMILES string of the molecule is COc1ccc(CN(c2cc(N3CCOCC3)cc(N3CCOCC3)c2)c2nccc(Nc3cc(CO)c(Cl)nc3C)n2)cc1. The number of aryl methyl sites for hydroxylation is 1. The van der Waals surface area contributed by atoms with Gasteiger partial charge in [0, 0.05) is 55.0 Å². The maximum Gasteiger partial charge on any atom is 0.232 e. The number of anilines is 6. The van der Waals surface area contributed by atoms with Crippen LogP contribution in [0.15, 0.2) is 60.8 Å². The second-order valence-electron chi connectivity index (χ2n) is 10.9. The smallest absolute Gasteiger partial charge is 0.232 e. The largest absolute Gasteiger partial charge is 0.497 e. The van der Waals surface area contributed by atoms with Gasteiger partial charge >= 0.3 is 0 Å². The summed E-state index contributed by atoms with van der Waals surface area (Å²) in [6.07, 6.45) is 1.74. The maximum absolute atomic E-state index is 9.74. The Labute approximate surface area is 268 Å². The summed E-state index contributed by atoms with van der Waals surface area (Å²) < 4.78 is 16.7. The Kier molecular flexibility index (Phi) is 9.80. The Balaban J connectivity index is 1.41. The topological polar surface area (TPSA) is 108 Å². The number of benzene rings is 2. The summed E-state index contributed by atoms with van der Waals surface area (Å²) >= 11 is 6.21. The van der Waals surface area contributed by atoms with Crippen molar-refractivity contribution < 1.29 is 19.3 Å². The highest BCUT2D eigenvalue weighted by Crippen LogP contribution is 2.35. The molecule has 0 aliphatic carbocycles. The third kappa shape index (κ3) is 7.39. The van der Waals surface area contributed by atoms with Gasteiger partial charge < -0.3 is 39.3 Å². The van der Waals surface area contributed by atoms with Crippen LogP contribution >= 0.6 is 11.6 Å². The molecule has 0 radical (unpaired) electrons. The van der Waals surface area contributed by atoms with E-state index in [9.17, 15) is 5.11 Å². The molecule has 11 nitrogen and oxygen atoms in total. The lowest BCUT2D eigenvalue weighted by molar-refractivity contribution is 0.122. The summed E-state index contributed by atoms with van der Waals surface area (Å²) in [5, 5.41) is 13.4. The van der Waals surface area contributed by atoms with E-state index in [-0.39, 0.29) is 11.8 Å². The van der Waals surface area contributed by atoms with Crippen LogP contribution in [0.2, 0.25) is 5.15 Å². The molecular weight excluding hydrogens is 594 g/mol. The lowest BCUT2D eigenvalue weighted by Gasteiger charge is -2.34. The van der Waals surface area contributed by atoms with E-state index in [0.717, 1.165) is 54.6 Å². The Morgan fingerprint density at radius 2 is 1.56 bits per heavy atom. The average Bonchev–Trinajstić information content (AvgIpc) is 3.09. The van der Waals surface area contributed by atoms with E-state index in [1.807, 2.05) is 25.1 Å². The number of aromatic nitrogens is 3. The van der Waals surface area contributed by atoms with Crippen LogP contribution < -0.4 is 24.8 Å². The zero-order chi connectivity index (χ0) is 31.2. The molecule has 2 aliphatic heterocycles. The van der Waals surface area contributed by atoms with Crippen molar-refractivity contribution in [2.24, 2.45) is 0 Å². The molecule has 45 heavy (non-hydrogen) atoms. The monoisotopic (exact) mass is 631 g/mol. The van der Waals surface area contributed by atoms with Crippen LogP contribution in [0, 0.1) is 6.92 Å². The van der Waals surface area contributed by atoms with E-state index in [1.54, 1.807) is 19.4 Å². The number of nitrogens with zero attached hydrogens (tertiary/aromatic N) is 6. The fourth-order valence-corrected chi connectivity index (χ4v) is 5.72. The van der Waals surface area contributed by atoms with Gasteiger partial charge in [-0.25, -0.2) is 9.97 Å². The maximum atomic E-state index is 9.74. The van der Waals surface area contributed by atoms with Crippen LogP contribution in [0.25, 0.3) is 0 Å². The van der Waals surface area contributed by atoms with E-state index < -0.39 is 0 Å². The third-order valence-corrected chi connectivity index (χ3v) is 8.33. The van der Waals surface area contributed by atoms with Crippen LogP contribution in [0.3, 0.4) is 0 Å². The molecule has 0 amide bonds. The number of aliphatic hydroxyl groups excluding tert-OH is 1. The van der Waals surface area contributed by atoms with Crippen molar-refractivity contribution in [3.63, 3.8) is 0 Å². The number of methoxy groups -OCH3 is 1. The quantitative estimate of drug-likeness (QED) is 0.229. The van der Waals surface area contributed by atoms with Crippen LogP contribution in [0.5, 0.6) is 5.75 Å². The zero-order valence-electron chi connectivity index (χ0n) is 25.6. The highest BCUT2D eigenvalue weighted by molar-refractivity contribution is 6.30. The van der Waals surface area contributed by atoms with E-state index in [2.05, 4.69) is 55.3 Å². The molecule has 0 bridgehead atoms. The average molecular weight is 632 g/mol. The third-order valence-electron chi connectivity index (χ3n) is 8.01. The van der Waals surface area contributed by atoms with Crippen molar-refractivity contribution in [3.05, 3.63) is 82.8 Å². The van der Waals surface area contributed by atoms with Gasteiger partial charge in [0.05, 0.1) is 58.1 Å².